The molecule has 1 aromatic heterocycles. The van der Waals surface area contributed by atoms with Gasteiger partial charge in [0.05, 0.1) is 0 Å². The van der Waals surface area contributed by atoms with E-state index in [2.05, 4.69) is 15.1 Å². The Morgan fingerprint density at radius 1 is 1.33 bits per heavy atom. The van der Waals surface area contributed by atoms with Crippen molar-refractivity contribution in [2.24, 2.45) is 5.73 Å². The predicted molar refractivity (Wildman–Crippen MR) is 84.8 cm³/mol. The normalized spacial score (nSPS) is 16.2. The smallest absolute Gasteiger partial charge is 0.208 e. The molecule has 1 fully saturated rings. The highest BCUT2D eigenvalue weighted by molar-refractivity contribution is 7.18. The summed E-state index contributed by atoms with van der Waals surface area (Å²) in [4.78, 5) is 13.7. The average molecular weight is 302 g/mol. The molecule has 0 aliphatic carbocycles. The highest BCUT2D eigenvalue weighted by Crippen LogP contribution is 2.30. The van der Waals surface area contributed by atoms with Gasteiger partial charge in [-0.05, 0) is 25.8 Å². The first-order valence-corrected chi connectivity index (χ1v) is 7.90. The van der Waals surface area contributed by atoms with Crippen molar-refractivity contribution in [2.45, 2.75) is 25.8 Å². The molecule has 0 saturated carbocycles. The van der Waals surface area contributed by atoms with Gasteiger partial charge >= 0.3 is 0 Å². The molecule has 2 N–H and O–H groups in total. The van der Waals surface area contributed by atoms with Crippen molar-refractivity contribution in [3.8, 4) is 10.6 Å². The largest absolute Gasteiger partial charge is 0.347 e. The van der Waals surface area contributed by atoms with Crippen molar-refractivity contribution < 1.29 is 4.79 Å². The minimum absolute atomic E-state index is 0.0617. The molecule has 0 amide bonds. The molecule has 110 valence electrons. The van der Waals surface area contributed by atoms with E-state index in [4.69, 9.17) is 5.73 Å². The minimum atomic E-state index is 0.0617. The summed E-state index contributed by atoms with van der Waals surface area (Å²) in [6.45, 7) is 3.44. The first-order chi connectivity index (χ1) is 10.1. The van der Waals surface area contributed by atoms with Crippen molar-refractivity contribution in [3.63, 3.8) is 0 Å². The Morgan fingerprint density at radius 2 is 2.10 bits per heavy atom. The molecule has 2 aromatic rings. The summed E-state index contributed by atoms with van der Waals surface area (Å²) in [6.07, 6.45) is 1.99. The number of rotatable bonds is 3. The predicted octanol–water partition coefficient (Wildman–Crippen LogP) is 2.34. The van der Waals surface area contributed by atoms with E-state index >= 15 is 0 Å². The van der Waals surface area contributed by atoms with Crippen molar-refractivity contribution in [3.05, 3.63) is 29.8 Å². The van der Waals surface area contributed by atoms with E-state index in [1.807, 2.05) is 24.3 Å². The molecule has 0 bridgehead atoms. The van der Waals surface area contributed by atoms with E-state index < -0.39 is 0 Å². The SMILES string of the molecule is CC(=O)c1cccc(-c2nnc(N3CCC(N)CC3)s2)c1. The number of benzene rings is 1. The van der Waals surface area contributed by atoms with Crippen LogP contribution in [-0.2, 0) is 0 Å². The lowest BCUT2D eigenvalue weighted by Gasteiger charge is -2.29. The molecule has 0 spiro atoms. The van der Waals surface area contributed by atoms with Gasteiger partial charge in [-0.25, -0.2) is 0 Å². The van der Waals surface area contributed by atoms with Gasteiger partial charge in [-0.15, -0.1) is 10.2 Å². The second-order valence-corrected chi connectivity index (χ2v) is 6.31. The minimum Gasteiger partial charge on any atom is -0.347 e. The fraction of sp³-hybridized carbons (Fsp3) is 0.400. The molecular weight excluding hydrogens is 284 g/mol. The molecule has 0 radical (unpaired) electrons. The first-order valence-electron chi connectivity index (χ1n) is 7.09. The van der Waals surface area contributed by atoms with Gasteiger partial charge in [0.2, 0.25) is 5.13 Å². The Hall–Kier alpha value is -1.79. The zero-order valence-corrected chi connectivity index (χ0v) is 12.8. The molecule has 1 saturated heterocycles. The number of Topliss-reactive ketones (excluding diaryl/α,β-unsaturated/α-hetero) is 1. The Kier molecular flexibility index (Phi) is 3.98. The van der Waals surface area contributed by atoms with Crippen LogP contribution in [-0.4, -0.2) is 35.1 Å². The monoisotopic (exact) mass is 302 g/mol. The van der Waals surface area contributed by atoms with Gasteiger partial charge in [0.25, 0.3) is 0 Å². The number of hydrogen-bond acceptors (Lipinski definition) is 6. The fourth-order valence-corrected chi connectivity index (χ4v) is 3.31. The van der Waals surface area contributed by atoms with E-state index in [-0.39, 0.29) is 5.78 Å². The van der Waals surface area contributed by atoms with Gasteiger partial charge in [0.15, 0.2) is 5.78 Å². The number of piperidine rings is 1. The maximum atomic E-state index is 11.5. The Morgan fingerprint density at radius 3 is 2.81 bits per heavy atom. The molecule has 1 aliphatic heterocycles. The summed E-state index contributed by atoms with van der Waals surface area (Å²) < 4.78 is 0. The Balaban J connectivity index is 1.81. The Bertz CT molecular complexity index is 647. The van der Waals surface area contributed by atoms with Gasteiger partial charge in [-0.3, -0.25) is 4.79 Å². The molecule has 1 aliphatic rings. The summed E-state index contributed by atoms with van der Waals surface area (Å²) in [6, 6.07) is 7.84. The van der Waals surface area contributed by atoms with Crippen LogP contribution in [0.3, 0.4) is 0 Å². The molecule has 5 nitrogen and oxygen atoms in total. The third-order valence-electron chi connectivity index (χ3n) is 3.74. The lowest BCUT2D eigenvalue weighted by molar-refractivity contribution is 0.101. The van der Waals surface area contributed by atoms with E-state index in [0.717, 1.165) is 41.6 Å². The second kappa shape index (κ2) is 5.91. The molecule has 2 heterocycles. The van der Waals surface area contributed by atoms with E-state index in [1.54, 1.807) is 18.3 Å². The maximum absolute atomic E-state index is 11.5. The topological polar surface area (TPSA) is 72.1 Å². The number of nitrogens with zero attached hydrogens (tertiary/aromatic N) is 3. The summed E-state index contributed by atoms with van der Waals surface area (Å²) in [7, 11) is 0. The van der Waals surface area contributed by atoms with Gasteiger partial charge in [0, 0.05) is 30.3 Å². The van der Waals surface area contributed by atoms with Crippen LogP contribution >= 0.6 is 11.3 Å². The third-order valence-corrected chi connectivity index (χ3v) is 4.77. The van der Waals surface area contributed by atoms with Crippen LogP contribution in [0.15, 0.2) is 24.3 Å². The Labute approximate surface area is 127 Å². The average Bonchev–Trinajstić information content (AvgIpc) is 2.98. The van der Waals surface area contributed by atoms with Crippen molar-refractivity contribution >= 4 is 22.3 Å². The zero-order chi connectivity index (χ0) is 14.8. The fourth-order valence-electron chi connectivity index (χ4n) is 2.42. The van der Waals surface area contributed by atoms with Crippen molar-refractivity contribution in [1.29, 1.82) is 0 Å². The number of anilines is 1. The van der Waals surface area contributed by atoms with Crippen LogP contribution in [0.1, 0.15) is 30.1 Å². The highest BCUT2D eigenvalue weighted by atomic mass is 32.1. The van der Waals surface area contributed by atoms with Gasteiger partial charge in [-0.1, -0.05) is 29.5 Å². The molecule has 6 heteroatoms. The second-order valence-electron chi connectivity index (χ2n) is 5.35. The number of carbonyl (C=O) groups is 1. The number of nitrogens with two attached hydrogens (primary N) is 1. The molecular formula is C15H18N4OS. The highest BCUT2D eigenvalue weighted by Gasteiger charge is 2.19. The van der Waals surface area contributed by atoms with E-state index in [9.17, 15) is 4.79 Å². The van der Waals surface area contributed by atoms with Gasteiger partial charge in [0.1, 0.15) is 5.01 Å². The van der Waals surface area contributed by atoms with Crippen LogP contribution in [0.25, 0.3) is 10.6 Å². The van der Waals surface area contributed by atoms with Crippen LogP contribution in [0.4, 0.5) is 5.13 Å². The van der Waals surface area contributed by atoms with Crippen LogP contribution in [0.2, 0.25) is 0 Å². The van der Waals surface area contributed by atoms with Crippen LogP contribution in [0.5, 0.6) is 0 Å². The quantitative estimate of drug-likeness (QED) is 0.881. The lowest BCUT2D eigenvalue weighted by Crippen LogP contribution is -2.39. The first kappa shape index (κ1) is 14.2. The zero-order valence-electron chi connectivity index (χ0n) is 12.0. The van der Waals surface area contributed by atoms with Crippen molar-refractivity contribution in [2.75, 3.05) is 18.0 Å². The number of hydrogen-bond donors (Lipinski definition) is 1. The van der Waals surface area contributed by atoms with Gasteiger partial charge < -0.3 is 10.6 Å². The van der Waals surface area contributed by atoms with Crippen molar-refractivity contribution in [1.82, 2.24) is 10.2 Å². The number of carbonyl (C=O) groups excluding carboxylic acids is 1. The maximum Gasteiger partial charge on any atom is 0.208 e. The van der Waals surface area contributed by atoms with E-state index in [1.165, 1.54) is 0 Å². The summed E-state index contributed by atoms with van der Waals surface area (Å²) in [5, 5.41) is 10.3. The third kappa shape index (κ3) is 3.11. The molecule has 0 unspecified atom stereocenters. The summed E-state index contributed by atoms with van der Waals surface area (Å²) >= 11 is 1.57. The van der Waals surface area contributed by atoms with Crippen LogP contribution < -0.4 is 10.6 Å². The number of aromatic nitrogens is 2. The summed E-state index contributed by atoms with van der Waals surface area (Å²) in [5.74, 6) is 0.0617. The summed E-state index contributed by atoms with van der Waals surface area (Å²) in [5.41, 5.74) is 7.57. The van der Waals surface area contributed by atoms with E-state index in [0.29, 0.717) is 11.6 Å². The lowest BCUT2D eigenvalue weighted by atomic mass is 10.1. The van der Waals surface area contributed by atoms with Crippen LogP contribution in [0, 0.1) is 0 Å². The molecule has 21 heavy (non-hydrogen) atoms. The number of ketones is 1. The molecule has 0 atom stereocenters. The van der Waals surface area contributed by atoms with Gasteiger partial charge in [-0.2, -0.15) is 0 Å². The molecule has 1 aromatic carbocycles. The molecule has 3 rings (SSSR count). The standard InChI is InChI=1S/C15H18N4OS/c1-10(20)11-3-2-4-12(9-11)14-17-18-15(21-14)19-7-5-13(16)6-8-19/h2-4,9,13H,5-8,16H2,1H3.